The molecule has 0 spiro atoms. The minimum atomic E-state index is -1.20. The van der Waals surface area contributed by atoms with Crippen molar-refractivity contribution in [2.75, 3.05) is 52.4 Å². The van der Waals surface area contributed by atoms with Crippen molar-refractivity contribution in [3.05, 3.63) is 11.8 Å². The monoisotopic (exact) mass is 613 g/mol. The Morgan fingerprint density at radius 3 is 2.34 bits per heavy atom. The summed E-state index contributed by atoms with van der Waals surface area (Å²) < 4.78 is 29.9. The van der Waals surface area contributed by atoms with Crippen molar-refractivity contribution >= 4 is 11.7 Å². The predicted molar refractivity (Wildman–Crippen MR) is 164 cm³/mol. The minimum Gasteiger partial charge on any atom is -0.374 e. The molecule has 10 heteroatoms. The lowest BCUT2D eigenvalue weighted by molar-refractivity contribution is -0.209. The summed E-state index contributed by atoms with van der Waals surface area (Å²) in [5, 5.41) is 6.60. The number of fused-ring (bicyclic) bond motifs is 5. The lowest BCUT2D eigenvalue weighted by atomic mass is 9.67. The minimum absolute atomic E-state index is 0.0297. The van der Waals surface area contributed by atoms with Crippen LogP contribution in [-0.2, 0) is 19.1 Å². The van der Waals surface area contributed by atoms with Gasteiger partial charge in [-0.15, -0.1) is 0 Å². The van der Waals surface area contributed by atoms with Crippen LogP contribution >= 0.6 is 0 Å². The Labute approximate surface area is 261 Å². The quantitative estimate of drug-likeness (QED) is 0.404. The molecule has 5 heterocycles. The van der Waals surface area contributed by atoms with Gasteiger partial charge in [0.05, 0.1) is 48.1 Å². The molecule has 0 radical (unpaired) electrons. The summed E-state index contributed by atoms with van der Waals surface area (Å²) in [6, 6.07) is -0.692. The summed E-state index contributed by atoms with van der Waals surface area (Å²) in [7, 11) is 0. The van der Waals surface area contributed by atoms with Crippen molar-refractivity contribution in [1.82, 2.24) is 25.3 Å². The Kier molecular flexibility index (Phi) is 8.50. The van der Waals surface area contributed by atoms with Crippen LogP contribution in [0.1, 0.15) is 70.6 Å². The van der Waals surface area contributed by atoms with E-state index in [-0.39, 0.29) is 48.0 Å². The molecule has 3 aliphatic carbocycles. The maximum Gasteiger partial charge on any atom is 0.256 e. The summed E-state index contributed by atoms with van der Waals surface area (Å²) in [5.41, 5.74) is 0.197. The average molecular weight is 614 g/mol. The molecule has 8 rings (SSSR count). The molecule has 8 aliphatic rings. The van der Waals surface area contributed by atoms with Crippen LogP contribution < -0.4 is 10.6 Å². The molecule has 0 bridgehead atoms. The maximum absolute atomic E-state index is 16.2. The van der Waals surface area contributed by atoms with Crippen LogP contribution in [0.25, 0.3) is 0 Å². The smallest absolute Gasteiger partial charge is 0.256 e. The number of rotatable bonds is 8. The van der Waals surface area contributed by atoms with E-state index in [1.807, 2.05) is 6.20 Å². The van der Waals surface area contributed by atoms with Gasteiger partial charge in [-0.25, -0.2) is 4.39 Å². The van der Waals surface area contributed by atoms with E-state index in [1.54, 1.807) is 0 Å². The number of alkyl halides is 1. The Balaban J connectivity index is 1.05. The Hall–Kier alpha value is -1.59. The second-order valence-electron chi connectivity index (χ2n) is 15.0. The molecule has 244 valence electrons. The molecule has 7 fully saturated rings. The van der Waals surface area contributed by atoms with Crippen LogP contribution in [0.2, 0.25) is 0 Å². The number of ketones is 1. The first kappa shape index (κ1) is 29.8. The fourth-order valence-electron chi connectivity index (χ4n) is 10.5. The van der Waals surface area contributed by atoms with Gasteiger partial charge in [-0.2, -0.15) is 0 Å². The highest BCUT2D eigenvalue weighted by Gasteiger charge is 2.61. The number of amides is 1. The summed E-state index contributed by atoms with van der Waals surface area (Å²) in [4.78, 5) is 34.6. The fraction of sp³-hybridized carbons (Fsp3) is 0.882. The number of ether oxygens (including phenoxy) is 2. The number of likely N-dealkylation sites (tertiary alicyclic amines) is 2. The van der Waals surface area contributed by atoms with Gasteiger partial charge in [-0.05, 0) is 95.8 Å². The first-order chi connectivity index (χ1) is 21.5. The first-order valence-corrected chi connectivity index (χ1v) is 18.0. The molecule has 11 unspecified atom stereocenters. The molecule has 4 saturated heterocycles. The van der Waals surface area contributed by atoms with Gasteiger partial charge in [0.1, 0.15) is 6.17 Å². The molecule has 5 aliphatic heterocycles. The molecule has 0 aromatic rings. The number of nitrogens with zero attached hydrogens (tertiary/aromatic N) is 3. The third-order valence-corrected chi connectivity index (χ3v) is 12.6. The number of hydrogen-bond acceptors (Lipinski definition) is 8. The number of nitrogens with one attached hydrogen (secondary N) is 2. The number of carbonyl (C=O) groups is 2. The van der Waals surface area contributed by atoms with Crippen molar-refractivity contribution in [2.45, 2.75) is 119 Å². The molecular weight excluding hydrogens is 561 g/mol. The molecule has 0 aromatic carbocycles. The third-order valence-electron chi connectivity index (χ3n) is 12.6. The van der Waals surface area contributed by atoms with Crippen molar-refractivity contribution in [2.24, 2.45) is 17.8 Å². The van der Waals surface area contributed by atoms with E-state index in [9.17, 15) is 9.59 Å². The van der Waals surface area contributed by atoms with Crippen LogP contribution in [0, 0.1) is 17.8 Å². The van der Waals surface area contributed by atoms with Crippen LogP contribution in [0.4, 0.5) is 4.39 Å². The molecule has 3 saturated carbocycles. The fourth-order valence-corrected chi connectivity index (χ4v) is 10.5. The Morgan fingerprint density at radius 2 is 1.57 bits per heavy atom. The van der Waals surface area contributed by atoms with E-state index >= 15 is 4.39 Å². The molecule has 9 nitrogen and oxygen atoms in total. The van der Waals surface area contributed by atoms with Crippen LogP contribution in [0.5, 0.6) is 0 Å². The lowest BCUT2D eigenvalue weighted by Crippen LogP contribution is -2.73. The number of hydrogen-bond donors (Lipinski definition) is 2. The SMILES string of the molecule is O=C(NCCN1CCCC1)C1=CN2C3CC4OC5CCCCC5C4CC3OC3C(NCCN4CCCC4)C(F)CC(C1=O)C32. The van der Waals surface area contributed by atoms with Gasteiger partial charge in [0.25, 0.3) is 5.91 Å². The first-order valence-electron chi connectivity index (χ1n) is 18.0. The summed E-state index contributed by atoms with van der Waals surface area (Å²) in [5.74, 6) is -0.0446. The second-order valence-corrected chi connectivity index (χ2v) is 15.0. The van der Waals surface area contributed by atoms with Gasteiger partial charge in [0.15, 0.2) is 5.78 Å². The van der Waals surface area contributed by atoms with Crippen molar-refractivity contribution in [3.8, 4) is 0 Å². The number of carbonyl (C=O) groups excluding carboxylic acids is 2. The average Bonchev–Trinajstić information content (AvgIpc) is 3.81. The van der Waals surface area contributed by atoms with Crippen LogP contribution in [0.3, 0.4) is 0 Å². The van der Waals surface area contributed by atoms with E-state index in [0.29, 0.717) is 31.0 Å². The highest BCUT2D eigenvalue weighted by Crippen LogP contribution is 2.52. The molecule has 11 atom stereocenters. The number of Topliss-reactive ketones (excluding diaryl/α,β-unsaturated/α-hetero) is 1. The second kappa shape index (κ2) is 12.5. The summed E-state index contributed by atoms with van der Waals surface area (Å²) in [6.07, 6.45) is 12.4. The topological polar surface area (TPSA) is 86.4 Å². The zero-order valence-corrected chi connectivity index (χ0v) is 26.2. The van der Waals surface area contributed by atoms with Gasteiger partial charge in [0, 0.05) is 38.3 Å². The Morgan fingerprint density at radius 1 is 0.841 bits per heavy atom. The van der Waals surface area contributed by atoms with Crippen molar-refractivity contribution < 1.29 is 23.5 Å². The largest absolute Gasteiger partial charge is 0.374 e. The summed E-state index contributed by atoms with van der Waals surface area (Å²) >= 11 is 0. The highest BCUT2D eigenvalue weighted by atomic mass is 19.1. The third kappa shape index (κ3) is 5.44. The van der Waals surface area contributed by atoms with Gasteiger partial charge in [0.2, 0.25) is 0 Å². The predicted octanol–water partition coefficient (Wildman–Crippen LogP) is 2.25. The molecular formula is C34H52FN5O4. The van der Waals surface area contributed by atoms with E-state index < -0.39 is 24.2 Å². The van der Waals surface area contributed by atoms with E-state index in [2.05, 4.69) is 25.3 Å². The molecule has 44 heavy (non-hydrogen) atoms. The molecule has 0 aromatic heterocycles. The van der Waals surface area contributed by atoms with Gasteiger partial charge in [-0.3, -0.25) is 9.59 Å². The van der Waals surface area contributed by atoms with Crippen molar-refractivity contribution in [1.29, 1.82) is 0 Å². The van der Waals surface area contributed by atoms with Gasteiger partial charge < -0.3 is 34.8 Å². The standard InChI is InChI=1S/C34H52FN5O4/c35-25-17-23-31-33(30(25)36-9-15-38-11-3-4-12-38)44-29-18-22-21-7-1-2-8-27(21)43-28(22)19-26(29)40(31)20-24(32(23)41)34(42)37-10-16-39-13-5-6-14-39/h20-23,25-31,33,36H,1-19H2,(H,37,42). The maximum atomic E-state index is 16.2. The lowest BCUT2D eigenvalue weighted by Gasteiger charge is -2.60. The van der Waals surface area contributed by atoms with E-state index in [4.69, 9.17) is 9.47 Å². The normalized spacial score (nSPS) is 43.7. The van der Waals surface area contributed by atoms with Gasteiger partial charge in [-0.1, -0.05) is 12.8 Å². The van der Waals surface area contributed by atoms with Crippen molar-refractivity contribution in [3.63, 3.8) is 0 Å². The molecule has 2 N–H and O–H groups in total. The number of halogens is 1. The zero-order chi connectivity index (χ0) is 29.8. The van der Waals surface area contributed by atoms with Crippen LogP contribution in [-0.4, -0.2) is 127 Å². The van der Waals surface area contributed by atoms with Gasteiger partial charge >= 0.3 is 0 Å². The zero-order valence-electron chi connectivity index (χ0n) is 26.2. The van der Waals surface area contributed by atoms with E-state index in [0.717, 1.165) is 58.5 Å². The highest BCUT2D eigenvalue weighted by molar-refractivity contribution is 6.20. The van der Waals surface area contributed by atoms with E-state index in [1.165, 1.54) is 44.9 Å². The Bertz CT molecular complexity index is 1110. The summed E-state index contributed by atoms with van der Waals surface area (Å²) in [6.45, 7) is 7.30. The molecule has 1 amide bonds. The van der Waals surface area contributed by atoms with Crippen LogP contribution in [0.15, 0.2) is 11.8 Å². The number of morpholine rings is 1.